The summed E-state index contributed by atoms with van der Waals surface area (Å²) in [6, 6.07) is 1.67. The van der Waals surface area contributed by atoms with Crippen LogP contribution in [0.25, 0.3) is 0 Å². The summed E-state index contributed by atoms with van der Waals surface area (Å²) in [5.41, 5.74) is 0.650. The first-order chi connectivity index (χ1) is 5.70. The Kier molecular flexibility index (Phi) is 1.46. The molecule has 0 radical (unpaired) electrons. The lowest BCUT2D eigenvalue weighted by Gasteiger charge is -2.09. The largest absolute Gasteiger partial charge is 0.472 e. The number of nitrogens with one attached hydrogen (secondary N) is 1. The van der Waals surface area contributed by atoms with E-state index in [0.717, 1.165) is 12.8 Å². The third-order valence-electron chi connectivity index (χ3n) is 2.20. The van der Waals surface area contributed by atoms with Gasteiger partial charge in [-0.05, 0) is 25.8 Å². The Morgan fingerprint density at radius 1 is 1.67 bits per heavy atom. The number of carbonyl (C=O) groups is 1. The second-order valence-corrected chi connectivity index (χ2v) is 3.53. The molecule has 0 atom stereocenters. The monoisotopic (exact) mass is 165 g/mol. The molecule has 1 amide bonds. The molecule has 12 heavy (non-hydrogen) atoms. The van der Waals surface area contributed by atoms with Crippen LogP contribution in [0.3, 0.4) is 0 Å². The zero-order valence-electron chi connectivity index (χ0n) is 6.96. The first kappa shape index (κ1) is 7.40. The van der Waals surface area contributed by atoms with Crippen molar-refractivity contribution >= 4 is 5.91 Å². The Morgan fingerprint density at radius 3 is 2.92 bits per heavy atom. The molecule has 0 spiro atoms. The molecule has 0 aromatic carbocycles. The van der Waals surface area contributed by atoms with E-state index in [1.165, 1.54) is 12.5 Å². The predicted molar refractivity (Wildman–Crippen MR) is 43.8 cm³/mol. The van der Waals surface area contributed by atoms with Gasteiger partial charge in [-0.2, -0.15) is 0 Å². The zero-order valence-corrected chi connectivity index (χ0v) is 6.96. The molecule has 3 nitrogen and oxygen atoms in total. The minimum absolute atomic E-state index is 0.0382. The molecule has 1 aliphatic carbocycles. The number of rotatable bonds is 2. The fourth-order valence-corrected chi connectivity index (χ4v) is 1.05. The third-order valence-corrected chi connectivity index (χ3v) is 2.20. The van der Waals surface area contributed by atoms with E-state index in [0.29, 0.717) is 5.56 Å². The second kappa shape index (κ2) is 2.37. The molecule has 0 aliphatic heterocycles. The molecule has 1 fully saturated rings. The molecule has 1 heterocycles. The van der Waals surface area contributed by atoms with Gasteiger partial charge in [-0.15, -0.1) is 0 Å². The summed E-state index contributed by atoms with van der Waals surface area (Å²) in [4.78, 5) is 11.4. The van der Waals surface area contributed by atoms with E-state index in [9.17, 15) is 4.79 Å². The summed E-state index contributed by atoms with van der Waals surface area (Å²) >= 11 is 0. The van der Waals surface area contributed by atoms with Crippen LogP contribution in [0.2, 0.25) is 0 Å². The van der Waals surface area contributed by atoms with Crippen LogP contribution in [-0.4, -0.2) is 11.4 Å². The fraction of sp³-hybridized carbons (Fsp3) is 0.444. The molecule has 2 rings (SSSR count). The van der Waals surface area contributed by atoms with Gasteiger partial charge in [-0.25, -0.2) is 0 Å². The van der Waals surface area contributed by atoms with Gasteiger partial charge in [0.2, 0.25) is 0 Å². The number of furan rings is 1. The topological polar surface area (TPSA) is 42.2 Å². The maximum Gasteiger partial charge on any atom is 0.254 e. The van der Waals surface area contributed by atoms with Crippen molar-refractivity contribution < 1.29 is 9.21 Å². The number of hydrogen-bond acceptors (Lipinski definition) is 2. The molecule has 1 aromatic heterocycles. The van der Waals surface area contributed by atoms with Crippen LogP contribution in [0.5, 0.6) is 0 Å². The van der Waals surface area contributed by atoms with Gasteiger partial charge in [-0.3, -0.25) is 4.79 Å². The van der Waals surface area contributed by atoms with Crippen LogP contribution in [0.15, 0.2) is 23.0 Å². The summed E-state index contributed by atoms with van der Waals surface area (Å²) in [7, 11) is 0. The van der Waals surface area contributed by atoms with Gasteiger partial charge in [0.25, 0.3) is 5.91 Å². The highest BCUT2D eigenvalue weighted by Gasteiger charge is 2.38. The van der Waals surface area contributed by atoms with Gasteiger partial charge in [0.05, 0.1) is 11.8 Å². The van der Waals surface area contributed by atoms with Crippen molar-refractivity contribution in [3.8, 4) is 0 Å². The molecular weight excluding hydrogens is 154 g/mol. The zero-order chi connectivity index (χ0) is 8.60. The van der Waals surface area contributed by atoms with Crippen LogP contribution < -0.4 is 5.32 Å². The lowest BCUT2D eigenvalue weighted by molar-refractivity contribution is 0.0935. The summed E-state index contributed by atoms with van der Waals surface area (Å²) in [5, 5.41) is 2.93. The molecule has 1 aromatic rings. The van der Waals surface area contributed by atoms with Gasteiger partial charge in [-0.1, -0.05) is 0 Å². The van der Waals surface area contributed by atoms with E-state index >= 15 is 0 Å². The molecule has 3 heteroatoms. The van der Waals surface area contributed by atoms with Crippen LogP contribution in [0.4, 0.5) is 0 Å². The molecule has 64 valence electrons. The highest BCUT2D eigenvalue weighted by Crippen LogP contribution is 2.34. The standard InChI is InChI=1S/C9H11NO2/c1-9(3-4-9)10-8(11)7-2-5-12-6-7/h2,5-6H,3-4H2,1H3,(H,10,11). The second-order valence-electron chi connectivity index (χ2n) is 3.53. The molecule has 0 saturated heterocycles. The lowest BCUT2D eigenvalue weighted by Crippen LogP contribution is -2.33. The quantitative estimate of drug-likeness (QED) is 0.722. The van der Waals surface area contributed by atoms with E-state index < -0.39 is 0 Å². The number of carbonyl (C=O) groups excluding carboxylic acids is 1. The lowest BCUT2D eigenvalue weighted by atomic mass is 10.2. The average Bonchev–Trinajstić information content (AvgIpc) is 2.55. The SMILES string of the molecule is CC1(NC(=O)c2ccoc2)CC1. The fourth-order valence-electron chi connectivity index (χ4n) is 1.05. The van der Waals surface area contributed by atoms with E-state index in [1.807, 2.05) is 6.92 Å². The predicted octanol–water partition coefficient (Wildman–Crippen LogP) is 1.56. The van der Waals surface area contributed by atoms with Crippen molar-refractivity contribution in [3.63, 3.8) is 0 Å². The first-order valence-electron chi connectivity index (χ1n) is 4.04. The van der Waals surface area contributed by atoms with Gasteiger partial charge in [0.15, 0.2) is 0 Å². The molecule has 1 saturated carbocycles. The van der Waals surface area contributed by atoms with Crippen LogP contribution >= 0.6 is 0 Å². The van der Waals surface area contributed by atoms with Crippen LogP contribution in [0.1, 0.15) is 30.1 Å². The van der Waals surface area contributed by atoms with Gasteiger partial charge < -0.3 is 9.73 Å². The van der Waals surface area contributed by atoms with Crippen molar-refractivity contribution in [1.29, 1.82) is 0 Å². The van der Waals surface area contributed by atoms with Crippen LogP contribution in [-0.2, 0) is 0 Å². The maximum absolute atomic E-state index is 11.4. The van der Waals surface area contributed by atoms with E-state index in [-0.39, 0.29) is 11.4 Å². The van der Waals surface area contributed by atoms with Crippen molar-refractivity contribution in [2.45, 2.75) is 25.3 Å². The summed E-state index contributed by atoms with van der Waals surface area (Å²) in [6.45, 7) is 2.05. The Morgan fingerprint density at radius 2 is 2.42 bits per heavy atom. The summed E-state index contributed by atoms with van der Waals surface area (Å²) in [5.74, 6) is -0.0382. The minimum Gasteiger partial charge on any atom is -0.472 e. The highest BCUT2D eigenvalue weighted by molar-refractivity contribution is 5.94. The number of amides is 1. The van der Waals surface area contributed by atoms with E-state index in [4.69, 9.17) is 4.42 Å². The summed E-state index contributed by atoms with van der Waals surface area (Å²) < 4.78 is 4.81. The van der Waals surface area contributed by atoms with E-state index in [2.05, 4.69) is 5.32 Å². The highest BCUT2D eigenvalue weighted by atomic mass is 16.3. The first-order valence-corrected chi connectivity index (χ1v) is 4.04. The Balaban J connectivity index is 2.02. The van der Waals surface area contributed by atoms with Gasteiger partial charge in [0, 0.05) is 5.54 Å². The minimum atomic E-state index is -0.0382. The van der Waals surface area contributed by atoms with Gasteiger partial charge >= 0.3 is 0 Å². The Labute approximate surface area is 70.8 Å². The van der Waals surface area contributed by atoms with Crippen molar-refractivity contribution in [1.82, 2.24) is 5.32 Å². The van der Waals surface area contributed by atoms with E-state index in [1.54, 1.807) is 6.07 Å². The van der Waals surface area contributed by atoms with Crippen LogP contribution in [0, 0.1) is 0 Å². The molecule has 0 bridgehead atoms. The summed E-state index contributed by atoms with van der Waals surface area (Å²) in [6.07, 6.45) is 5.12. The molecular formula is C9H11NO2. The van der Waals surface area contributed by atoms with Gasteiger partial charge in [0.1, 0.15) is 6.26 Å². The number of hydrogen-bond donors (Lipinski definition) is 1. The maximum atomic E-state index is 11.4. The average molecular weight is 165 g/mol. The molecule has 1 aliphatic rings. The molecule has 0 unspecified atom stereocenters. The normalized spacial score (nSPS) is 18.8. The van der Waals surface area contributed by atoms with Crippen molar-refractivity contribution in [2.75, 3.05) is 0 Å². The smallest absolute Gasteiger partial charge is 0.254 e. The Hall–Kier alpha value is -1.25. The molecule has 1 N–H and O–H groups in total. The van der Waals surface area contributed by atoms with Crippen molar-refractivity contribution in [3.05, 3.63) is 24.2 Å². The Bertz CT molecular complexity index is 285. The van der Waals surface area contributed by atoms with Crippen molar-refractivity contribution in [2.24, 2.45) is 0 Å². The third kappa shape index (κ3) is 1.35.